The lowest BCUT2D eigenvalue weighted by molar-refractivity contribution is 0.383. The molecule has 0 spiro atoms. The van der Waals surface area contributed by atoms with Crippen LogP contribution < -0.4 is 5.32 Å². The summed E-state index contributed by atoms with van der Waals surface area (Å²) < 4.78 is 14.4. The van der Waals surface area contributed by atoms with E-state index in [0.29, 0.717) is 33.7 Å². The van der Waals surface area contributed by atoms with Crippen LogP contribution in [0.5, 0.6) is 0 Å². The number of aromatic nitrogens is 4. The van der Waals surface area contributed by atoms with Gasteiger partial charge in [0, 0.05) is 22.8 Å². The Morgan fingerprint density at radius 3 is 2.87 bits per heavy atom. The Morgan fingerprint density at radius 1 is 1.06 bits per heavy atom. The quantitative estimate of drug-likeness (QED) is 0.431. The number of hydrogen-bond donors (Lipinski definition) is 2. The number of benzene rings is 1. The van der Waals surface area contributed by atoms with Crippen molar-refractivity contribution in [2.45, 2.75) is 38.1 Å². The van der Waals surface area contributed by atoms with Crippen LogP contribution in [-0.2, 0) is 6.42 Å². The molecule has 1 unspecified atom stereocenters. The SMILES string of the molecule is Fc1ccc(Cl)cc1-c1nc[nH]c1-c1ccc2ncc(CCC3CCCCN3)cc2n1. The molecule has 1 saturated heterocycles. The fraction of sp³-hybridized carbons (Fsp3) is 0.292. The van der Waals surface area contributed by atoms with E-state index < -0.39 is 0 Å². The van der Waals surface area contributed by atoms with E-state index in [1.807, 2.05) is 18.3 Å². The van der Waals surface area contributed by atoms with Gasteiger partial charge in [0.15, 0.2) is 0 Å². The third-order valence-electron chi connectivity index (χ3n) is 5.87. The smallest absolute Gasteiger partial charge is 0.132 e. The fourth-order valence-corrected chi connectivity index (χ4v) is 4.38. The van der Waals surface area contributed by atoms with Gasteiger partial charge in [0.25, 0.3) is 0 Å². The number of pyridine rings is 2. The number of nitrogens with one attached hydrogen (secondary N) is 2. The molecule has 2 N–H and O–H groups in total. The van der Waals surface area contributed by atoms with Crippen molar-refractivity contribution in [3.05, 3.63) is 65.3 Å². The highest BCUT2D eigenvalue weighted by Crippen LogP contribution is 2.32. The van der Waals surface area contributed by atoms with Crippen molar-refractivity contribution >= 4 is 22.6 Å². The van der Waals surface area contributed by atoms with E-state index >= 15 is 0 Å². The molecular formula is C24H23ClFN5. The number of piperidine rings is 1. The molecule has 3 aromatic heterocycles. The Hall–Kier alpha value is -2.83. The summed E-state index contributed by atoms with van der Waals surface area (Å²) in [6.45, 7) is 1.12. The highest BCUT2D eigenvalue weighted by molar-refractivity contribution is 6.30. The summed E-state index contributed by atoms with van der Waals surface area (Å²) in [6, 6.07) is 11.0. The summed E-state index contributed by atoms with van der Waals surface area (Å²) in [5, 5.41) is 4.05. The topological polar surface area (TPSA) is 66.5 Å². The third kappa shape index (κ3) is 4.31. The summed E-state index contributed by atoms with van der Waals surface area (Å²) in [5.41, 5.74) is 5.00. The van der Waals surface area contributed by atoms with Crippen LogP contribution in [0.25, 0.3) is 33.7 Å². The first kappa shape index (κ1) is 20.1. The van der Waals surface area contributed by atoms with Gasteiger partial charge in [-0.25, -0.2) is 14.4 Å². The maximum atomic E-state index is 14.4. The molecule has 1 atom stereocenters. The fourth-order valence-electron chi connectivity index (χ4n) is 4.21. The first-order chi connectivity index (χ1) is 15.2. The standard InChI is InChI=1S/C24H23ClFN5/c25-16-5-7-19(26)18(12-16)23-24(30-14-29-23)21-9-8-20-22(31-21)11-15(13-28-20)4-6-17-3-1-2-10-27-17/h5,7-9,11-14,17,27H,1-4,6,10H2,(H,29,30). The normalized spacial score (nSPS) is 16.6. The molecule has 158 valence electrons. The molecule has 0 amide bonds. The maximum Gasteiger partial charge on any atom is 0.132 e. The number of imidazole rings is 1. The first-order valence-electron chi connectivity index (χ1n) is 10.7. The van der Waals surface area contributed by atoms with Crippen LogP contribution in [0.3, 0.4) is 0 Å². The number of H-pyrrole nitrogens is 1. The van der Waals surface area contributed by atoms with Crippen molar-refractivity contribution in [2.75, 3.05) is 6.54 Å². The van der Waals surface area contributed by atoms with Gasteiger partial charge < -0.3 is 10.3 Å². The van der Waals surface area contributed by atoms with Crippen LogP contribution in [0.15, 0.2) is 48.9 Å². The zero-order valence-electron chi connectivity index (χ0n) is 17.0. The van der Waals surface area contributed by atoms with E-state index in [2.05, 4.69) is 26.3 Å². The summed E-state index contributed by atoms with van der Waals surface area (Å²) in [7, 11) is 0. The third-order valence-corrected chi connectivity index (χ3v) is 6.10. The number of aromatic amines is 1. The number of halogens is 2. The van der Waals surface area contributed by atoms with Gasteiger partial charge in [-0.15, -0.1) is 0 Å². The molecule has 1 aliphatic heterocycles. The lowest BCUT2D eigenvalue weighted by Gasteiger charge is -2.23. The monoisotopic (exact) mass is 435 g/mol. The van der Waals surface area contributed by atoms with Crippen molar-refractivity contribution in [3.8, 4) is 22.6 Å². The van der Waals surface area contributed by atoms with E-state index in [1.165, 1.54) is 37.0 Å². The molecule has 4 heterocycles. The average Bonchev–Trinajstić information content (AvgIpc) is 3.29. The highest BCUT2D eigenvalue weighted by Gasteiger charge is 2.17. The summed E-state index contributed by atoms with van der Waals surface area (Å²) in [5.74, 6) is -0.376. The second-order valence-electron chi connectivity index (χ2n) is 8.01. The molecule has 5 rings (SSSR count). The number of aryl methyl sites for hydroxylation is 1. The molecule has 0 saturated carbocycles. The van der Waals surface area contributed by atoms with Gasteiger partial charge in [-0.05, 0) is 74.2 Å². The van der Waals surface area contributed by atoms with Gasteiger partial charge in [0.2, 0.25) is 0 Å². The molecule has 0 radical (unpaired) electrons. The Kier molecular flexibility index (Phi) is 5.66. The number of hydrogen-bond acceptors (Lipinski definition) is 4. The molecule has 31 heavy (non-hydrogen) atoms. The van der Waals surface area contributed by atoms with E-state index in [9.17, 15) is 4.39 Å². The summed E-state index contributed by atoms with van der Waals surface area (Å²) in [6.07, 6.45) is 9.37. The molecule has 7 heteroatoms. The number of fused-ring (bicyclic) bond motifs is 1. The van der Waals surface area contributed by atoms with Crippen molar-refractivity contribution < 1.29 is 4.39 Å². The minimum atomic E-state index is -0.376. The van der Waals surface area contributed by atoms with Crippen LogP contribution in [0.2, 0.25) is 5.02 Å². The lowest BCUT2D eigenvalue weighted by Crippen LogP contribution is -2.34. The van der Waals surface area contributed by atoms with Gasteiger partial charge in [-0.2, -0.15) is 0 Å². The van der Waals surface area contributed by atoms with Gasteiger partial charge >= 0.3 is 0 Å². The Balaban J connectivity index is 1.45. The van der Waals surface area contributed by atoms with E-state index in [0.717, 1.165) is 30.4 Å². The second-order valence-corrected chi connectivity index (χ2v) is 8.45. The largest absolute Gasteiger partial charge is 0.343 e. The van der Waals surface area contributed by atoms with Gasteiger partial charge in [0.1, 0.15) is 11.5 Å². The molecule has 0 bridgehead atoms. The average molecular weight is 436 g/mol. The predicted molar refractivity (Wildman–Crippen MR) is 121 cm³/mol. The molecule has 5 nitrogen and oxygen atoms in total. The minimum Gasteiger partial charge on any atom is -0.343 e. The Morgan fingerprint density at radius 2 is 2.00 bits per heavy atom. The van der Waals surface area contributed by atoms with Crippen LogP contribution in [0.4, 0.5) is 4.39 Å². The highest BCUT2D eigenvalue weighted by atomic mass is 35.5. The van der Waals surface area contributed by atoms with Crippen LogP contribution >= 0.6 is 11.6 Å². The maximum absolute atomic E-state index is 14.4. The Bertz CT molecular complexity index is 1220. The van der Waals surface area contributed by atoms with E-state index in [1.54, 1.807) is 12.4 Å². The van der Waals surface area contributed by atoms with Gasteiger partial charge in [-0.3, -0.25) is 4.98 Å². The molecule has 1 fully saturated rings. The lowest BCUT2D eigenvalue weighted by atomic mass is 9.98. The summed E-state index contributed by atoms with van der Waals surface area (Å²) in [4.78, 5) is 16.8. The minimum absolute atomic E-state index is 0.345. The molecule has 4 aromatic rings. The first-order valence-corrected chi connectivity index (χ1v) is 11.0. The van der Waals surface area contributed by atoms with Crippen LogP contribution in [-0.4, -0.2) is 32.5 Å². The van der Waals surface area contributed by atoms with Crippen molar-refractivity contribution in [2.24, 2.45) is 0 Å². The van der Waals surface area contributed by atoms with Crippen LogP contribution in [0.1, 0.15) is 31.2 Å². The zero-order chi connectivity index (χ0) is 21.2. The second kappa shape index (κ2) is 8.73. The molecule has 1 aliphatic rings. The summed E-state index contributed by atoms with van der Waals surface area (Å²) >= 11 is 6.08. The van der Waals surface area contributed by atoms with Crippen molar-refractivity contribution in [1.82, 2.24) is 25.3 Å². The van der Waals surface area contributed by atoms with Gasteiger partial charge in [-0.1, -0.05) is 18.0 Å². The van der Waals surface area contributed by atoms with Crippen molar-refractivity contribution in [3.63, 3.8) is 0 Å². The van der Waals surface area contributed by atoms with Crippen LogP contribution in [0, 0.1) is 5.82 Å². The zero-order valence-corrected chi connectivity index (χ0v) is 17.8. The molecule has 0 aliphatic carbocycles. The predicted octanol–water partition coefficient (Wildman–Crippen LogP) is 5.55. The van der Waals surface area contributed by atoms with E-state index in [4.69, 9.17) is 16.6 Å². The number of nitrogens with zero attached hydrogens (tertiary/aromatic N) is 3. The van der Waals surface area contributed by atoms with Crippen molar-refractivity contribution in [1.29, 1.82) is 0 Å². The van der Waals surface area contributed by atoms with E-state index in [-0.39, 0.29) is 5.82 Å². The van der Waals surface area contributed by atoms with Gasteiger partial charge in [0.05, 0.1) is 28.7 Å². The molecule has 1 aromatic carbocycles. The number of rotatable bonds is 5. The molecular weight excluding hydrogens is 413 g/mol. The Labute approximate surface area is 185 Å².